The highest BCUT2D eigenvalue weighted by molar-refractivity contribution is 5.91. The van der Waals surface area contributed by atoms with Crippen LogP contribution < -0.4 is 0 Å². The summed E-state index contributed by atoms with van der Waals surface area (Å²) in [4.78, 5) is 19.3. The van der Waals surface area contributed by atoms with Crippen molar-refractivity contribution in [2.75, 3.05) is 7.11 Å². The van der Waals surface area contributed by atoms with E-state index in [0.717, 1.165) is 28.7 Å². The molecule has 2 aromatic rings. The van der Waals surface area contributed by atoms with Crippen molar-refractivity contribution in [2.24, 2.45) is 0 Å². The summed E-state index contributed by atoms with van der Waals surface area (Å²) in [6.07, 6.45) is 7.34. The van der Waals surface area contributed by atoms with Gasteiger partial charge in [-0.05, 0) is 23.1 Å². The number of aromatic nitrogens is 2. The number of hydrogen-bond acceptors (Lipinski definition) is 4. The van der Waals surface area contributed by atoms with Gasteiger partial charge in [0.1, 0.15) is 6.33 Å². The van der Waals surface area contributed by atoms with Gasteiger partial charge in [0.15, 0.2) is 0 Å². The van der Waals surface area contributed by atoms with Gasteiger partial charge in [0.05, 0.1) is 7.11 Å². The lowest BCUT2D eigenvalue weighted by atomic mass is 10.00. The second kappa shape index (κ2) is 6.61. The monoisotopic (exact) mass is 268 g/mol. The van der Waals surface area contributed by atoms with Crippen LogP contribution in [0, 0.1) is 0 Å². The Morgan fingerprint density at radius 3 is 2.35 bits per heavy atom. The van der Waals surface area contributed by atoms with E-state index in [2.05, 4.69) is 14.7 Å². The van der Waals surface area contributed by atoms with Crippen LogP contribution in [0.3, 0.4) is 0 Å². The largest absolute Gasteiger partial charge is 0.466 e. The second-order valence-electron chi connectivity index (χ2n) is 4.25. The van der Waals surface area contributed by atoms with E-state index in [4.69, 9.17) is 0 Å². The number of allylic oxidation sites excluding steroid dienone is 1. The van der Waals surface area contributed by atoms with E-state index in [9.17, 15) is 4.79 Å². The van der Waals surface area contributed by atoms with Gasteiger partial charge in [0.2, 0.25) is 0 Å². The molecule has 2 rings (SSSR count). The molecule has 0 amide bonds. The quantitative estimate of drug-likeness (QED) is 0.631. The van der Waals surface area contributed by atoms with Crippen molar-refractivity contribution < 1.29 is 9.53 Å². The molecule has 1 heterocycles. The normalized spacial score (nSPS) is 11.2. The molecule has 1 aromatic carbocycles. The van der Waals surface area contributed by atoms with Crippen molar-refractivity contribution in [3.8, 4) is 11.1 Å². The van der Waals surface area contributed by atoms with Gasteiger partial charge >= 0.3 is 5.97 Å². The third-order valence-electron chi connectivity index (χ3n) is 3.02. The molecule has 0 atom stereocenters. The van der Waals surface area contributed by atoms with Crippen LogP contribution in [0.25, 0.3) is 16.7 Å². The van der Waals surface area contributed by atoms with Crippen LogP contribution in [0.2, 0.25) is 0 Å². The van der Waals surface area contributed by atoms with Crippen molar-refractivity contribution >= 4 is 11.5 Å². The van der Waals surface area contributed by atoms with Gasteiger partial charge in [-0.25, -0.2) is 14.8 Å². The molecule has 0 spiro atoms. The SMILES string of the molecule is CC/C(=C\C(=O)OC)c1ccc(-c2cncnc2)cc1. The van der Waals surface area contributed by atoms with Crippen LogP contribution in [0.1, 0.15) is 18.9 Å². The molecule has 4 heteroatoms. The molecule has 0 N–H and O–H groups in total. The summed E-state index contributed by atoms with van der Waals surface area (Å²) in [5, 5.41) is 0. The lowest BCUT2D eigenvalue weighted by Crippen LogP contribution is -1.96. The van der Waals surface area contributed by atoms with Gasteiger partial charge in [0, 0.05) is 24.0 Å². The molecular weight excluding hydrogens is 252 g/mol. The summed E-state index contributed by atoms with van der Waals surface area (Å²) >= 11 is 0. The molecule has 0 radical (unpaired) electrons. The number of rotatable bonds is 4. The van der Waals surface area contributed by atoms with E-state index in [1.807, 2.05) is 31.2 Å². The first-order chi connectivity index (χ1) is 9.74. The number of esters is 1. The smallest absolute Gasteiger partial charge is 0.330 e. The van der Waals surface area contributed by atoms with Gasteiger partial charge < -0.3 is 4.74 Å². The fourth-order valence-electron chi connectivity index (χ4n) is 1.92. The lowest BCUT2D eigenvalue weighted by Gasteiger charge is -2.06. The highest BCUT2D eigenvalue weighted by Gasteiger charge is 2.04. The first-order valence-corrected chi connectivity index (χ1v) is 6.39. The molecular formula is C16H16N2O2. The number of ether oxygens (including phenoxy) is 1. The fraction of sp³-hybridized carbons (Fsp3) is 0.188. The summed E-state index contributed by atoms with van der Waals surface area (Å²) in [7, 11) is 1.38. The van der Waals surface area contributed by atoms with Crippen LogP contribution in [0.4, 0.5) is 0 Å². The van der Waals surface area contributed by atoms with Gasteiger partial charge in [-0.3, -0.25) is 0 Å². The van der Waals surface area contributed by atoms with Crippen molar-refractivity contribution in [3.63, 3.8) is 0 Å². The Kier molecular flexibility index (Phi) is 4.60. The van der Waals surface area contributed by atoms with E-state index >= 15 is 0 Å². The Morgan fingerprint density at radius 1 is 1.15 bits per heavy atom. The summed E-state index contributed by atoms with van der Waals surface area (Å²) < 4.78 is 4.67. The molecule has 0 aliphatic carbocycles. The zero-order chi connectivity index (χ0) is 14.4. The van der Waals surface area contributed by atoms with E-state index in [1.165, 1.54) is 19.5 Å². The molecule has 102 valence electrons. The van der Waals surface area contributed by atoms with Gasteiger partial charge in [0.25, 0.3) is 0 Å². The zero-order valence-corrected chi connectivity index (χ0v) is 11.5. The number of methoxy groups -OCH3 is 1. The predicted octanol–water partition coefficient (Wildman–Crippen LogP) is 3.11. The number of benzene rings is 1. The average Bonchev–Trinajstić information content (AvgIpc) is 2.53. The molecule has 0 aliphatic heterocycles. The summed E-state index contributed by atoms with van der Waals surface area (Å²) in [5.74, 6) is -0.331. The van der Waals surface area contributed by atoms with Crippen LogP contribution in [0.15, 0.2) is 49.1 Å². The molecule has 20 heavy (non-hydrogen) atoms. The van der Waals surface area contributed by atoms with Crippen LogP contribution in [-0.4, -0.2) is 23.0 Å². The molecule has 0 unspecified atom stereocenters. The van der Waals surface area contributed by atoms with E-state index in [0.29, 0.717) is 0 Å². The Hall–Kier alpha value is -2.49. The fourth-order valence-corrected chi connectivity index (χ4v) is 1.92. The first kappa shape index (κ1) is 13.9. The Balaban J connectivity index is 2.28. The number of carbonyl (C=O) groups is 1. The highest BCUT2D eigenvalue weighted by atomic mass is 16.5. The third kappa shape index (κ3) is 3.29. The minimum atomic E-state index is -0.331. The standard InChI is InChI=1S/C16H16N2O2/c1-3-12(8-16(19)20-2)13-4-6-14(7-5-13)15-9-17-11-18-10-15/h4-11H,3H2,1-2H3/b12-8+. The van der Waals surface area contributed by atoms with Gasteiger partial charge in [-0.1, -0.05) is 31.2 Å². The number of nitrogens with zero attached hydrogens (tertiary/aromatic N) is 2. The van der Waals surface area contributed by atoms with Crippen LogP contribution >= 0.6 is 0 Å². The minimum absolute atomic E-state index is 0.331. The topological polar surface area (TPSA) is 52.1 Å². The maximum atomic E-state index is 11.3. The summed E-state index contributed by atoms with van der Waals surface area (Å²) in [6, 6.07) is 7.96. The molecule has 4 nitrogen and oxygen atoms in total. The Bertz CT molecular complexity index is 604. The Morgan fingerprint density at radius 2 is 1.80 bits per heavy atom. The molecule has 0 aliphatic rings. The summed E-state index contributed by atoms with van der Waals surface area (Å²) in [6.45, 7) is 2.01. The van der Waals surface area contributed by atoms with Crippen molar-refractivity contribution in [1.82, 2.24) is 9.97 Å². The molecule has 0 fully saturated rings. The van der Waals surface area contributed by atoms with Crippen LogP contribution in [0.5, 0.6) is 0 Å². The first-order valence-electron chi connectivity index (χ1n) is 6.39. The van der Waals surface area contributed by atoms with Crippen molar-refractivity contribution in [1.29, 1.82) is 0 Å². The minimum Gasteiger partial charge on any atom is -0.466 e. The van der Waals surface area contributed by atoms with Crippen LogP contribution in [-0.2, 0) is 9.53 Å². The number of hydrogen-bond donors (Lipinski definition) is 0. The Labute approximate surface area is 118 Å². The maximum Gasteiger partial charge on any atom is 0.330 e. The van der Waals surface area contributed by atoms with Gasteiger partial charge in [-0.15, -0.1) is 0 Å². The lowest BCUT2D eigenvalue weighted by molar-refractivity contribution is -0.134. The molecule has 1 aromatic heterocycles. The van der Waals surface area contributed by atoms with E-state index in [-0.39, 0.29) is 5.97 Å². The predicted molar refractivity (Wildman–Crippen MR) is 77.8 cm³/mol. The zero-order valence-electron chi connectivity index (χ0n) is 11.5. The van der Waals surface area contributed by atoms with Crippen molar-refractivity contribution in [2.45, 2.75) is 13.3 Å². The molecule has 0 saturated heterocycles. The molecule has 0 saturated carbocycles. The third-order valence-corrected chi connectivity index (χ3v) is 3.02. The van der Waals surface area contributed by atoms with Crippen molar-refractivity contribution in [3.05, 3.63) is 54.6 Å². The maximum absolute atomic E-state index is 11.3. The second-order valence-corrected chi connectivity index (χ2v) is 4.25. The summed E-state index contributed by atoms with van der Waals surface area (Å²) in [5.41, 5.74) is 3.98. The van der Waals surface area contributed by atoms with E-state index < -0.39 is 0 Å². The molecule has 0 bridgehead atoms. The average molecular weight is 268 g/mol. The number of carbonyl (C=O) groups excluding carboxylic acids is 1. The highest BCUT2D eigenvalue weighted by Crippen LogP contribution is 2.23. The van der Waals surface area contributed by atoms with E-state index in [1.54, 1.807) is 12.4 Å². The van der Waals surface area contributed by atoms with Gasteiger partial charge in [-0.2, -0.15) is 0 Å².